The Bertz CT molecular complexity index is 423. The van der Waals surface area contributed by atoms with Crippen LogP contribution in [-0.2, 0) is 12.3 Å². The molecule has 1 atom stereocenters. The number of carbonyl (C=O) groups is 1. The number of hydrogen-bond donors (Lipinski definition) is 2. The number of thioether (sulfide) groups is 1. The van der Waals surface area contributed by atoms with E-state index in [1.807, 2.05) is 38.1 Å². The zero-order valence-electron chi connectivity index (χ0n) is 12.4. The van der Waals surface area contributed by atoms with Crippen LogP contribution in [0, 0.1) is 0 Å². The SMILES string of the molecule is CNC(=O)N(O)CC(C)SCc1ccc(CN(C)C)o1. The monoisotopic (exact) mass is 301 g/mol. The molecule has 1 unspecified atom stereocenters. The fraction of sp³-hybridized carbons (Fsp3) is 0.615. The lowest BCUT2D eigenvalue weighted by molar-refractivity contribution is -0.0409. The summed E-state index contributed by atoms with van der Waals surface area (Å²) in [6.45, 7) is 3.01. The molecule has 1 aromatic heterocycles. The summed E-state index contributed by atoms with van der Waals surface area (Å²) >= 11 is 1.63. The summed E-state index contributed by atoms with van der Waals surface area (Å²) in [6.07, 6.45) is 0. The molecule has 1 aromatic rings. The van der Waals surface area contributed by atoms with Crippen LogP contribution >= 0.6 is 11.8 Å². The minimum Gasteiger partial charge on any atom is -0.464 e. The molecule has 114 valence electrons. The van der Waals surface area contributed by atoms with Crippen LogP contribution in [0.15, 0.2) is 16.5 Å². The second-order valence-electron chi connectivity index (χ2n) is 4.86. The lowest BCUT2D eigenvalue weighted by atomic mass is 10.4. The van der Waals surface area contributed by atoms with Crippen molar-refractivity contribution in [2.45, 2.75) is 24.5 Å². The molecule has 2 N–H and O–H groups in total. The maximum absolute atomic E-state index is 11.2. The summed E-state index contributed by atoms with van der Waals surface area (Å²) in [4.78, 5) is 13.2. The second kappa shape index (κ2) is 8.18. The first-order valence-corrected chi connectivity index (χ1v) is 7.49. The fourth-order valence-corrected chi connectivity index (χ4v) is 2.48. The van der Waals surface area contributed by atoms with Gasteiger partial charge in [-0.05, 0) is 26.2 Å². The van der Waals surface area contributed by atoms with Crippen LogP contribution < -0.4 is 5.32 Å². The van der Waals surface area contributed by atoms with E-state index in [-0.39, 0.29) is 11.8 Å². The van der Waals surface area contributed by atoms with Crippen molar-refractivity contribution in [3.8, 4) is 0 Å². The van der Waals surface area contributed by atoms with E-state index in [2.05, 4.69) is 5.32 Å². The summed E-state index contributed by atoms with van der Waals surface area (Å²) in [6, 6.07) is 3.45. The standard InChI is InChI=1S/C13H23N3O3S/c1-10(7-16(18)13(17)14-2)20-9-12-6-5-11(19-12)8-15(3)4/h5-6,10,18H,7-9H2,1-4H3,(H,14,17). The van der Waals surface area contributed by atoms with Crippen LogP contribution in [0.1, 0.15) is 18.4 Å². The van der Waals surface area contributed by atoms with Crippen LogP contribution in [-0.4, -0.2) is 54.1 Å². The van der Waals surface area contributed by atoms with Gasteiger partial charge in [-0.2, -0.15) is 0 Å². The Morgan fingerprint density at radius 3 is 2.70 bits per heavy atom. The highest BCUT2D eigenvalue weighted by Crippen LogP contribution is 2.20. The number of carbonyl (C=O) groups excluding carboxylic acids is 1. The molecular weight excluding hydrogens is 278 g/mol. The van der Waals surface area contributed by atoms with Crippen molar-refractivity contribution in [3.05, 3.63) is 23.7 Å². The summed E-state index contributed by atoms with van der Waals surface area (Å²) < 4.78 is 5.70. The number of urea groups is 1. The van der Waals surface area contributed by atoms with Gasteiger partial charge >= 0.3 is 6.03 Å². The number of amides is 2. The molecule has 0 fully saturated rings. The van der Waals surface area contributed by atoms with E-state index in [1.54, 1.807) is 11.8 Å². The highest BCUT2D eigenvalue weighted by molar-refractivity contribution is 7.99. The van der Waals surface area contributed by atoms with Crippen molar-refractivity contribution in [2.24, 2.45) is 0 Å². The number of nitrogens with one attached hydrogen (secondary N) is 1. The Morgan fingerprint density at radius 1 is 1.45 bits per heavy atom. The van der Waals surface area contributed by atoms with Gasteiger partial charge in [0.25, 0.3) is 0 Å². The Labute approximate surface area is 124 Å². The van der Waals surface area contributed by atoms with Crippen LogP contribution in [0.2, 0.25) is 0 Å². The van der Waals surface area contributed by atoms with Crippen LogP contribution in [0.3, 0.4) is 0 Å². The van der Waals surface area contributed by atoms with Gasteiger partial charge in [0, 0.05) is 12.3 Å². The minimum absolute atomic E-state index is 0.111. The maximum Gasteiger partial charge on any atom is 0.340 e. The molecule has 0 saturated carbocycles. The number of nitrogens with zero attached hydrogens (tertiary/aromatic N) is 2. The largest absolute Gasteiger partial charge is 0.464 e. The third-order valence-electron chi connectivity index (χ3n) is 2.58. The van der Waals surface area contributed by atoms with E-state index >= 15 is 0 Å². The molecule has 0 spiro atoms. The van der Waals surface area contributed by atoms with Gasteiger partial charge in [0.15, 0.2) is 0 Å². The first kappa shape index (κ1) is 16.9. The summed E-state index contributed by atoms with van der Waals surface area (Å²) in [5, 5.41) is 12.6. The zero-order chi connectivity index (χ0) is 15.1. The van der Waals surface area contributed by atoms with Gasteiger partial charge in [-0.1, -0.05) is 6.92 Å². The first-order chi connectivity index (χ1) is 9.42. The van der Waals surface area contributed by atoms with Crippen molar-refractivity contribution in [2.75, 3.05) is 27.7 Å². The molecule has 0 bridgehead atoms. The molecule has 1 rings (SSSR count). The number of hydrogen-bond acceptors (Lipinski definition) is 5. The number of furan rings is 1. The van der Waals surface area contributed by atoms with Crippen LogP contribution in [0.4, 0.5) is 4.79 Å². The predicted octanol–water partition coefficient (Wildman–Crippen LogP) is 1.99. The van der Waals surface area contributed by atoms with Gasteiger partial charge in [-0.25, -0.2) is 9.86 Å². The maximum atomic E-state index is 11.2. The number of rotatable bonds is 7. The summed E-state index contributed by atoms with van der Waals surface area (Å²) in [7, 11) is 5.47. The van der Waals surface area contributed by atoms with Gasteiger partial charge in [-0.15, -0.1) is 11.8 Å². The molecule has 0 aliphatic heterocycles. The van der Waals surface area contributed by atoms with Gasteiger partial charge in [0.05, 0.1) is 18.8 Å². The Morgan fingerprint density at radius 2 is 2.10 bits per heavy atom. The Hall–Kier alpha value is -1.18. The van der Waals surface area contributed by atoms with Gasteiger partial charge in [-0.3, -0.25) is 5.21 Å². The van der Waals surface area contributed by atoms with E-state index < -0.39 is 6.03 Å². The van der Waals surface area contributed by atoms with Gasteiger partial charge in [0.1, 0.15) is 11.5 Å². The highest BCUT2D eigenvalue weighted by Gasteiger charge is 2.14. The molecule has 0 saturated heterocycles. The quantitative estimate of drug-likeness (QED) is 0.595. The minimum atomic E-state index is -0.497. The molecule has 0 aromatic carbocycles. The average molecular weight is 301 g/mol. The van der Waals surface area contributed by atoms with E-state index in [1.165, 1.54) is 7.05 Å². The average Bonchev–Trinajstić information content (AvgIpc) is 2.82. The molecule has 0 aliphatic rings. The Kier molecular flexibility index (Phi) is 6.90. The highest BCUT2D eigenvalue weighted by atomic mass is 32.2. The number of hydroxylamine groups is 2. The second-order valence-corrected chi connectivity index (χ2v) is 6.29. The summed E-state index contributed by atoms with van der Waals surface area (Å²) in [5.74, 6) is 2.56. The molecule has 0 aliphatic carbocycles. The van der Waals surface area contributed by atoms with E-state index in [0.717, 1.165) is 23.8 Å². The molecule has 0 radical (unpaired) electrons. The van der Waals surface area contributed by atoms with E-state index in [4.69, 9.17) is 4.42 Å². The zero-order valence-corrected chi connectivity index (χ0v) is 13.2. The molecule has 2 amide bonds. The normalized spacial score (nSPS) is 12.5. The lowest BCUT2D eigenvalue weighted by Crippen LogP contribution is -2.38. The van der Waals surface area contributed by atoms with Crippen molar-refractivity contribution in [3.63, 3.8) is 0 Å². The predicted molar refractivity (Wildman–Crippen MR) is 79.8 cm³/mol. The van der Waals surface area contributed by atoms with Crippen molar-refractivity contribution >= 4 is 17.8 Å². The lowest BCUT2D eigenvalue weighted by Gasteiger charge is -2.18. The van der Waals surface area contributed by atoms with E-state index in [9.17, 15) is 10.0 Å². The topological polar surface area (TPSA) is 69.0 Å². The van der Waals surface area contributed by atoms with Gasteiger partial charge < -0.3 is 14.6 Å². The molecule has 6 nitrogen and oxygen atoms in total. The van der Waals surface area contributed by atoms with Crippen molar-refractivity contribution < 1.29 is 14.4 Å². The first-order valence-electron chi connectivity index (χ1n) is 6.44. The van der Waals surface area contributed by atoms with Crippen molar-refractivity contribution in [1.29, 1.82) is 0 Å². The summed E-state index contributed by atoms with van der Waals surface area (Å²) in [5.41, 5.74) is 0. The van der Waals surface area contributed by atoms with Crippen LogP contribution in [0.5, 0.6) is 0 Å². The molecular formula is C13H23N3O3S. The molecule has 1 heterocycles. The Balaban J connectivity index is 2.35. The smallest absolute Gasteiger partial charge is 0.340 e. The third kappa shape index (κ3) is 5.85. The van der Waals surface area contributed by atoms with E-state index in [0.29, 0.717) is 5.06 Å². The molecule has 7 heteroatoms. The van der Waals surface area contributed by atoms with Crippen LogP contribution in [0.25, 0.3) is 0 Å². The van der Waals surface area contributed by atoms with Gasteiger partial charge in [0.2, 0.25) is 0 Å². The van der Waals surface area contributed by atoms with Crippen molar-refractivity contribution in [1.82, 2.24) is 15.3 Å². The fourth-order valence-electron chi connectivity index (χ4n) is 1.63. The third-order valence-corrected chi connectivity index (χ3v) is 3.75. The molecule has 20 heavy (non-hydrogen) atoms.